The number of piperidine rings is 1. The Morgan fingerprint density at radius 1 is 1.11 bits per heavy atom. The molecular weight excluding hydrogens is 336 g/mol. The lowest BCUT2D eigenvalue weighted by molar-refractivity contribution is -0.134. The molecule has 5 nitrogen and oxygen atoms in total. The highest BCUT2D eigenvalue weighted by Crippen LogP contribution is 2.33. The standard InChI is InChI=1S/C22H28N4O/c27-22(20-13-18-3-1-2-4-19(18)14-24-20)25-10-7-17(8-11-25)21-23-9-12-26(21)15-16-5-6-16/h1-4,9,12,16-17,20,24H,5-8,10-11,13-15H2/t20-/m1/s1. The maximum absolute atomic E-state index is 13.0. The highest BCUT2D eigenvalue weighted by molar-refractivity contribution is 5.82. The van der Waals surface area contributed by atoms with Crippen molar-refractivity contribution in [1.29, 1.82) is 0 Å². The fourth-order valence-electron chi connectivity index (χ4n) is 4.62. The second kappa shape index (κ2) is 7.12. The van der Waals surface area contributed by atoms with Gasteiger partial charge in [0.15, 0.2) is 0 Å². The number of aromatic nitrogens is 2. The van der Waals surface area contributed by atoms with E-state index in [0.717, 1.165) is 51.4 Å². The van der Waals surface area contributed by atoms with Crippen molar-refractivity contribution in [3.05, 3.63) is 53.6 Å². The lowest BCUT2D eigenvalue weighted by atomic mass is 9.92. The molecule has 1 aromatic heterocycles. The summed E-state index contributed by atoms with van der Waals surface area (Å²) in [6, 6.07) is 8.37. The maximum atomic E-state index is 13.0. The van der Waals surface area contributed by atoms with Gasteiger partial charge in [0.2, 0.25) is 5.91 Å². The summed E-state index contributed by atoms with van der Waals surface area (Å²) >= 11 is 0. The molecule has 2 aliphatic heterocycles. The summed E-state index contributed by atoms with van der Waals surface area (Å²) in [5.74, 6) is 2.85. The van der Waals surface area contributed by atoms with Crippen molar-refractivity contribution in [3.63, 3.8) is 0 Å². The zero-order chi connectivity index (χ0) is 18.2. The number of fused-ring (bicyclic) bond motifs is 1. The van der Waals surface area contributed by atoms with Gasteiger partial charge in [-0.2, -0.15) is 0 Å². The molecule has 3 heterocycles. The molecule has 0 radical (unpaired) electrons. The fraction of sp³-hybridized carbons (Fsp3) is 0.545. The molecule has 3 aliphatic rings. The van der Waals surface area contributed by atoms with Gasteiger partial charge in [0.1, 0.15) is 5.82 Å². The molecule has 1 N–H and O–H groups in total. The SMILES string of the molecule is O=C([C@H]1Cc2ccccc2CN1)N1CCC(c2nccn2CC2CC2)CC1. The van der Waals surface area contributed by atoms with Crippen LogP contribution in [0.4, 0.5) is 0 Å². The van der Waals surface area contributed by atoms with Gasteiger partial charge in [0.25, 0.3) is 0 Å². The zero-order valence-corrected chi connectivity index (χ0v) is 15.8. The van der Waals surface area contributed by atoms with Crippen LogP contribution in [0.2, 0.25) is 0 Å². The number of nitrogens with zero attached hydrogens (tertiary/aromatic N) is 3. The summed E-state index contributed by atoms with van der Waals surface area (Å²) in [5.41, 5.74) is 2.63. The van der Waals surface area contributed by atoms with Crippen molar-refractivity contribution >= 4 is 5.91 Å². The molecule has 1 aliphatic carbocycles. The summed E-state index contributed by atoms with van der Waals surface area (Å²) < 4.78 is 2.36. The first kappa shape index (κ1) is 17.0. The van der Waals surface area contributed by atoms with Crippen LogP contribution >= 0.6 is 0 Å². The molecule has 1 saturated heterocycles. The van der Waals surface area contributed by atoms with E-state index in [1.807, 2.05) is 6.20 Å². The molecule has 2 aromatic rings. The molecule has 0 unspecified atom stereocenters. The van der Waals surface area contributed by atoms with Crippen LogP contribution in [-0.2, 0) is 24.3 Å². The van der Waals surface area contributed by atoms with Crippen LogP contribution in [0.15, 0.2) is 36.7 Å². The quantitative estimate of drug-likeness (QED) is 0.908. The Bertz CT molecular complexity index is 817. The molecule has 0 bridgehead atoms. The van der Waals surface area contributed by atoms with Crippen LogP contribution in [0.25, 0.3) is 0 Å². The van der Waals surface area contributed by atoms with Gasteiger partial charge >= 0.3 is 0 Å². The van der Waals surface area contributed by atoms with Gasteiger partial charge < -0.3 is 14.8 Å². The van der Waals surface area contributed by atoms with E-state index < -0.39 is 0 Å². The van der Waals surface area contributed by atoms with Crippen molar-refractivity contribution in [2.24, 2.45) is 5.92 Å². The molecule has 1 atom stereocenters. The number of rotatable bonds is 4. The first-order chi connectivity index (χ1) is 13.3. The first-order valence-electron chi connectivity index (χ1n) is 10.4. The molecule has 1 amide bonds. The van der Waals surface area contributed by atoms with Gasteiger partial charge in [-0.15, -0.1) is 0 Å². The van der Waals surface area contributed by atoms with Crippen LogP contribution in [-0.4, -0.2) is 39.5 Å². The van der Waals surface area contributed by atoms with Crippen LogP contribution in [0.3, 0.4) is 0 Å². The largest absolute Gasteiger partial charge is 0.341 e. The highest BCUT2D eigenvalue weighted by atomic mass is 16.2. The van der Waals surface area contributed by atoms with Crippen LogP contribution < -0.4 is 5.32 Å². The number of imidazole rings is 1. The van der Waals surface area contributed by atoms with E-state index >= 15 is 0 Å². The molecule has 1 aromatic carbocycles. The van der Waals surface area contributed by atoms with Gasteiger partial charge in [-0.25, -0.2) is 4.98 Å². The Morgan fingerprint density at radius 3 is 2.67 bits per heavy atom. The number of carbonyl (C=O) groups excluding carboxylic acids is 1. The van der Waals surface area contributed by atoms with E-state index in [1.165, 1.54) is 29.8 Å². The Hall–Kier alpha value is -2.14. The van der Waals surface area contributed by atoms with Crippen LogP contribution in [0, 0.1) is 5.92 Å². The summed E-state index contributed by atoms with van der Waals surface area (Å²) in [6.45, 7) is 3.61. The third kappa shape index (κ3) is 3.53. The van der Waals surface area contributed by atoms with Crippen molar-refractivity contribution in [2.45, 2.75) is 57.2 Å². The minimum absolute atomic E-state index is 0.0756. The van der Waals surface area contributed by atoms with E-state index in [2.05, 4.69) is 50.2 Å². The predicted molar refractivity (Wildman–Crippen MR) is 104 cm³/mol. The van der Waals surface area contributed by atoms with Gasteiger partial charge in [0, 0.05) is 44.5 Å². The van der Waals surface area contributed by atoms with E-state index in [0.29, 0.717) is 5.92 Å². The molecule has 5 heteroatoms. The smallest absolute Gasteiger partial charge is 0.240 e. The Balaban J connectivity index is 1.19. The molecule has 5 rings (SSSR count). The Kier molecular flexibility index (Phi) is 4.48. The lowest BCUT2D eigenvalue weighted by Crippen LogP contribution is -2.51. The number of amides is 1. The second-order valence-corrected chi connectivity index (χ2v) is 8.39. The van der Waals surface area contributed by atoms with Crippen molar-refractivity contribution < 1.29 is 4.79 Å². The topological polar surface area (TPSA) is 50.2 Å². The second-order valence-electron chi connectivity index (χ2n) is 8.39. The predicted octanol–water partition coefficient (Wildman–Crippen LogP) is 2.71. The molecule has 142 valence electrons. The third-order valence-corrected chi connectivity index (χ3v) is 6.45. The maximum Gasteiger partial charge on any atom is 0.240 e. The zero-order valence-electron chi connectivity index (χ0n) is 15.8. The number of nitrogens with one attached hydrogen (secondary N) is 1. The number of likely N-dealkylation sites (tertiary alicyclic amines) is 1. The first-order valence-corrected chi connectivity index (χ1v) is 10.4. The van der Waals surface area contributed by atoms with Crippen LogP contribution in [0.5, 0.6) is 0 Å². The normalized spacial score (nSPS) is 23.3. The summed E-state index contributed by atoms with van der Waals surface area (Å²) in [6.07, 6.45) is 9.66. The summed E-state index contributed by atoms with van der Waals surface area (Å²) in [7, 11) is 0. The lowest BCUT2D eigenvalue weighted by Gasteiger charge is -2.35. The Labute approximate surface area is 160 Å². The molecular formula is C22H28N4O. The molecule has 2 fully saturated rings. The average Bonchev–Trinajstić information content (AvgIpc) is 3.42. The minimum atomic E-state index is -0.0756. The number of carbonyl (C=O) groups is 1. The fourth-order valence-corrected chi connectivity index (χ4v) is 4.62. The highest BCUT2D eigenvalue weighted by Gasteiger charge is 2.32. The number of hydrogen-bond acceptors (Lipinski definition) is 3. The third-order valence-electron chi connectivity index (χ3n) is 6.45. The Morgan fingerprint density at radius 2 is 1.89 bits per heavy atom. The molecule has 1 saturated carbocycles. The van der Waals surface area contributed by atoms with Crippen molar-refractivity contribution in [2.75, 3.05) is 13.1 Å². The summed E-state index contributed by atoms with van der Waals surface area (Å²) in [4.78, 5) is 19.7. The van der Waals surface area contributed by atoms with Gasteiger partial charge in [-0.3, -0.25) is 4.79 Å². The average molecular weight is 364 g/mol. The van der Waals surface area contributed by atoms with Crippen molar-refractivity contribution in [3.8, 4) is 0 Å². The minimum Gasteiger partial charge on any atom is -0.341 e. The van der Waals surface area contributed by atoms with E-state index in [4.69, 9.17) is 0 Å². The van der Waals surface area contributed by atoms with E-state index in [-0.39, 0.29) is 11.9 Å². The number of hydrogen-bond donors (Lipinski definition) is 1. The van der Waals surface area contributed by atoms with Gasteiger partial charge in [0.05, 0.1) is 6.04 Å². The van der Waals surface area contributed by atoms with E-state index in [1.54, 1.807) is 0 Å². The molecule has 27 heavy (non-hydrogen) atoms. The van der Waals surface area contributed by atoms with Crippen molar-refractivity contribution in [1.82, 2.24) is 19.8 Å². The monoisotopic (exact) mass is 364 g/mol. The molecule has 0 spiro atoms. The van der Waals surface area contributed by atoms with Crippen LogP contribution in [0.1, 0.15) is 48.6 Å². The number of benzene rings is 1. The van der Waals surface area contributed by atoms with E-state index in [9.17, 15) is 4.79 Å². The summed E-state index contributed by atoms with van der Waals surface area (Å²) in [5, 5.41) is 3.44. The van der Waals surface area contributed by atoms with Gasteiger partial charge in [-0.05, 0) is 49.1 Å². The van der Waals surface area contributed by atoms with Gasteiger partial charge in [-0.1, -0.05) is 24.3 Å².